The lowest BCUT2D eigenvalue weighted by molar-refractivity contribution is -0.118. The summed E-state index contributed by atoms with van der Waals surface area (Å²) in [6.45, 7) is 0.991. The maximum absolute atomic E-state index is 11.8. The molecule has 1 atom stereocenters. The Kier molecular flexibility index (Phi) is 3.89. The van der Waals surface area contributed by atoms with Gasteiger partial charge in [-0.3, -0.25) is 14.5 Å². The summed E-state index contributed by atoms with van der Waals surface area (Å²) in [5.41, 5.74) is 7.76. The van der Waals surface area contributed by atoms with Gasteiger partial charge in [0.1, 0.15) is 6.17 Å². The van der Waals surface area contributed by atoms with E-state index in [0.29, 0.717) is 18.7 Å². The summed E-state index contributed by atoms with van der Waals surface area (Å²) in [4.78, 5) is 25.2. The molecule has 22 heavy (non-hydrogen) atoms. The van der Waals surface area contributed by atoms with Crippen molar-refractivity contribution in [3.8, 4) is 0 Å². The Bertz CT molecular complexity index is 700. The highest BCUT2D eigenvalue weighted by Crippen LogP contribution is 2.24. The fraction of sp³-hybridized carbons (Fsp3) is 0.176. The van der Waals surface area contributed by atoms with E-state index in [-0.39, 0.29) is 12.1 Å². The smallest absolute Gasteiger partial charge is 0.248 e. The normalized spacial score (nSPS) is 18.2. The van der Waals surface area contributed by atoms with Crippen molar-refractivity contribution in [1.82, 2.24) is 10.2 Å². The molecule has 1 heterocycles. The molecular formula is C17H17N3O2. The van der Waals surface area contributed by atoms with Gasteiger partial charge in [0.05, 0.1) is 6.54 Å². The van der Waals surface area contributed by atoms with E-state index in [9.17, 15) is 9.59 Å². The largest absolute Gasteiger partial charge is 0.366 e. The van der Waals surface area contributed by atoms with Gasteiger partial charge in [0, 0.05) is 12.1 Å². The van der Waals surface area contributed by atoms with E-state index in [1.165, 1.54) is 0 Å². The summed E-state index contributed by atoms with van der Waals surface area (Å²) in [5, 5.41) is 2.94. The molecule has 5 nitrogen and oxygen atoms in total. The Labute approximate surface area is 128 Å². The van der Waals surface area contributed by atoms with Crippen molar-refractivity contribution in [2.24, 2.45) is 5.73 Å². The second-order valence-corrected chi connectivity index (χ2v) is 5.35. The zero-order valence-electron chi connectivity index (χ0n) is 12.0. The fourth-order valence-corrected chi connectivity index (χ4v) is 2.69. The number of nitrogens with one attached hydrogen (secondary N) is 1. The lowest BCUT2D eigenvalue weighted by atomic mass is 10.1. The molecule has 0 bridgehead atoms. The molecule has 3 N–H and O–H groups in total. The highest BCUT2D eigenvalue weighted by atomic mass is 16.2. The third-order valence-corrected chi connectivity index (χ3v) is 3.72. The first-order valence-electron chi connectivity index (χ1n) is 7.10. The van der Waals surface area contributed by atoms with Crippen molar-refractivity contribution >= 4 is 11.8 Å². The number of primary amides is 1. The van der Waals surface area contributed by atoms with E-state index in [2.05, 4.69) is 5.32 Å². The summed E-state index contributed by atoms with van der Waals surface area (Å²) in [5.74, 6) is -0.494. The molecule has 1 aliphatic rings. The third-order valence-electron chi connectivity index (χ3n) is 3.72. The lowest BCUT2D eigenvalue weighted by Crippen LogP contribution is -2.27. The third kappa shape index (κ3) is 2.99. The number of amides is 2. The van der Waals surface area contributed by atoms with Crippen LogP contribution in [0, 0.1) is 0 Å². The number of nitrogens with two attached hydrogens (primary N) is 1. The molecule has 2 aromatic carbocycles. The molecular weight excluding hydrogens is 278 g/mol. The topological polar surface area (TPSA) is 75.4 Å². The number of carbonyl (C=O) groups is 2. The minimum atomic E-state index is -0.471. The zero-order chi connectivity index (χ0) is 15.5. The van der Waals surface area contributed by atoms with Crippen LogP contribution in [0.4, 0.5) is 0 Å². The Morgan fingerprint density at radius 3 is 2.68 bits per heavy atom. The fourth-order valence-electron chi connectivity index (χ4n) is 2.69. The molecule has 2 aromatic rings. The van der Waals surface area contributed by atoms with Crippen LogP contribution in [-0.4, -0.2) is 23.3 Å². The molecule has 5 heteroatoms. The maximum Gasteiger partial charge on any atom is 0.248 e. The van der Waals surface area contributed by atoms with Gasteiger partial charge in [-0.25, -0.2) is 0 Å². The summed E-state index contributed by atoms with van der Waals surface area (Å²) >= 11 is 0. The number of hydrogen-bond donors (Lipinski definition) is 2. The molecule has 1 aliphatic heterocycles. The average Bonchev–Trinajstić information content (AvgIpc) is 2.89. The first-order valence-corrected chi connectivity index (χ1v) is 7.10. The molecule has 0 spiro atoms. The van der Waals surface area contributed by atoms with Gasteiger partial charge in [0.2, 0.25) is 11.8 Å². The standard InChI is InChI=1S/C17H17N3O2/c18-16(22)13-7-4-8-14(9-13)17-19-15(21)11-20(17)10-12-5-2-1-3-6-12/h1-9,17H,10-11H2,(H2,18,22)(H,19,21)/t17-/m1/s1. The van der Waals surface area contributed by atoms with Gasteiger partial charge < -0.3 is 11.1 Å². The van der Waals surface area contributed by atoms with Crippen molar-refractivity contribution in [2.75, 3.05) is 6.54 Å². The van der Waals surface area contributed by atoms with Crippen LogP contribution in [0.5, 0.6) is 0 Å². The van der Waals surface area contributed by atoms with Gasteiger partial charge in [0.25, 0.3) is 0 Å². The van der Waals surface area contributed by atoms with Crippen molar-refractivity contribution in [2.45, 2.75) is 12.7 Å². The first kappa shape index (κ1) is 14.3. The predicted octanol–water partition coefficient (Wildman–Crippen LogP) is 1.42. The Morgan fingerprint density at radius 2 is 1.95 bits per heavy atom. The van der Waals surface area contributed by atoms with E-state index in [1.54, 1.807) is 18.2 Å². The highest BCUT2D eigenvalue weighted by Gasteiger charge is 2.31. The second kappa shape index (κ2) is 5.99. The quantitative estimate of drug-likeness (QED) is 0.895. The molecule has 0 aliphatic carbocycles. The Balaban J connectivity index is 1.86. The number of carbonyl (C=O) groups excluding carboxylic acids is 2. The van der Waals surface area contributed by atoms with Crippen LogP contribution in [0.2, 0.25) is 0 Å². The van der Waals surface area contributed by atoms with Gasteiger partial charge >= 0.3 is 0 Å². The van der Waals surface area contributed by atoms with Crippen LogP contribution >= 0.6 is 0 Å². The zero-order valence-corrected chi connectivity index (χ0v) is 12.0. The van der Waals surface area contributed by atoms with Gasteiger partial charge in [-0.15, -0.1) is 0 Å². The first-order chi connectivity index (χ1) is 10.6. The van der Waals surface area contributed by atoms with Gasteiger partial charge in [0.15, 0.2) is 0 Å². The number of benzene rings is 2. The van der Waals surface area contributed by atoms with Gasteiger partial charge in [-0.05, 0) is 23.3 Å². The van der Waals surface area contributed by atoms with Crippen LogP contribution in [0.25, 0.3) is 0 Å². The van der Waals surface area contributed by atoms with Crippen molar-refractivity contribution in [3.63, 3.8) is 0 Å². The number of hydrogen-bond acceptors (Lipinski definition) is 3. The predicted molar refractivity (Wildman–Crippen MR) is 82.7 cm³/mol. The maximum atomic E-state index is 11.8. The second-order valence-electron chi connectivity index (χ2n) is 5.35. The molecule has 112 valence electrons. The summed E-state index contributed by atoms with van der Waals surface area (Å²) in [7, 11) is 0. The molecule has 0 aromatic heterocycles. The van der Waals surface area contributed by atoms with Crippen LogP contribution < -0.4 is 11.1 Å². The van der Waals surface area contributed by atoms with E-state index in [4.69, 9.17) is 5.73 Å². The molecule has 2 amide bonds. The number of rotatable bonds is 4. The molecule has 1 fully saturated rings. The summed E-state index contributed by atoms with van der Waals surface area (Å²) < 4.78 is 0. The average molecular weight is 295 g/mol. The van der Waals surface area contributed by atoms with Crippen LogP contribution in [0.1, 0.15) is 27.7 Å². The minimum Gasteiger partial charge on any atom is -0.366 e. The summed E-state index contributed by atoms with van der Waals surface area (Å²) in [6.07, 6.45) is -0.244. The summed E-state index contributed by atoms with van der Waals surface area (Å²) in [6, 6.07) is 17.0. The van der Waals surface area contributed by atoms with E-state index in [0.717, 1.165) is 11.1 Å². The molecule has 0 unspecified atom stereocenters. The monoisotopic (exact) mass is 295 g/mol. The van der Waals surface area contributed by atoms with Crippen LogP contribution in [0.15, 0.2) is 54.6 Å². The molecule has 0 radical (unpaired) electrons. The lowest BCUT2D eigenvalue weighted by Gasteiger charge is -2.23. The van der Waals surface area contributed by atoms with Gasteiger partial charge in [-0.1, -0.05) is 42.5 Å². The molecule has 1 saturated heterocycles. The van der Waals surface area contributed by atoms with E-state index in [1.807, 2.05) is 41.3 Å². The van der Waals surface area contributed by atoms with Crippen molar-refractivity contribution in [3.05, 3.63) is 71.3 Å². The molecule has 0 saturated carbocycles. The van der Waals surface area contributed by atoms with Crippen molar-refractivity contribution in [1.29, 1.82) is 0 Å². The van der Waals surface area contributed by atoms with Crippen molar-refractivity contribution < 1.29 is 9.59 Å². The van der Waals surface area contributed by atoms with Gasteiger partial charge in [-0.2, -0.15) is 0 Å². The molecule has 3 rings (SSSR count). The highest BCUT2D eigenvalue weighted by molar-refractivity contribution is 5.93. The van der Waals surface area contributed by atoms with E-state index >= 15 is 0 Å². The van der Waals surface area contributed by atoms with Crippen LogP contribution in [-0.2, 0) is 11.3 Å². The van der Waals surface area contributed by atoms with Crippen LogP contribution in [0.3, 0.4) is 0 Å². The number of nitrogens with zero attached hydrogens (tertiary/aromatic N) is 1. The SMILES string of the molecule is NC(=O)c1cccc([C@@H]2NC(=O)CN2Cc2ccccc2)c1. The Morgan fingerprint density at radius 1 is 1.18 bits per heavy atom. The van der Waals surface area contributed by atoms with E-state index < -0.39 is 5.91 Å². The Hall–Kier alpha value is -2.66. The minimum absolute atomic E-state index is 0.0228.